The summed E-state index contributed by atoms with van der Waals surface area (Å²) < 4.78 is 27.6. The predicted octanol–water partition coefficient (Wildman–Crippen LogP) is 0.462. The molecule has 1 atom stereocenters. The topological polar surface area (TPSA) is 92.7 Å². The Morgan fingerprint density at radius 1 is 1.35 bits per heavy atom. The largest absolute Gasteiger partial charge is 0.445 e. The molecule has 20 heavy (non-hydrogen) atoms. The summed E-state index contributed by atoms with van der Waals surface area (Å²) in [6.45, 7) is 0.00323. The number of benzene rings is 1. The van der Waals surface area contributed by atoms with Crippen molar-refractivity contribution in [1.82, 2.24) is 5.32 Å². The van der Waals surface area contributed by atoms with E-state index in [1.54, 1.807) is 0 Å². The molecule has 0 saturated carbocycles. The minimum absolute atomic E-state index is 0.0513. The quantitative estimate of drug-likeness (QED) is 0.842. The summed E-state index contributed by atoms with van der Waals surface area (Å²) in [4.78, 5) is 11.5. The molecule has 1 heterocycles. The minimum atomic E-state index is -3.20. The molecule has 1 aromatic carbocycles. The van der Waals surface area contributed by atoms with Crippen molar-refractivity contribution in [2.75, 3.05) is 18.1 Å². The van der Waals surface area contributed by atoms with Gasteiger partial charge in [-0.05, 0) is 12.0 Å². The van der Waals surface area contributed by atoms with E-state index in [4.69, 9.17) is 4.74 Å². The zero-order valence-electron chi connectivity index (χ0n) is 10.9. The number of amides is 1. The maximum absolute atomic E-state index is 11.5. The van der Waals surface area contributed by atoms with Crippen molar-refractivity contribution in [3.8, 4) is 0 Å². The van der Waals surface area contributed by atoms with Crippen LogP contribution in [0.5, 0.6) is 0 Å². The molecule has 0 spiro atoms. The SMILES string of the molecule is O=C(NCC1(O)CCS(=O)(=O)C1)OCc1ccccc1. The van der Waals surface area contributed by atoms with Crippen molar-refractivity contribution in [3.05, 3.63) is 35.9 Å². The second-order valence-corrected chi connectivity index (χ2v) is 7.17. The standard InChI is InChI=1S/C13H17NO5S/c15-12(19-8-11-4-2-1-3-5-11)14-9-13(16)6-7-20(17,18)10-13/h1-5,16H,6-10H2,(H,14,15). The molecule has 0 bridgehead atoms. The molecule has 2 rings (SSSR count). The van der Waals surface area contributed by atoms with E-state index in [0.717, 1.165) is 5.56 Å². The molecule has 6 nitrogen and oxygen atoms in total. The fraction of sp³-hybridized carbons (Fsp3) is 0.462. The first-order valence-corrected chi connectivity index (χ1v) is 8.08. The van der Waals surface area contributed by atoms with Crippen molar-refractivity contribution < 1.29 is 23.1 Å². The highest BCUT2D eigenvalue weighted by atomic mass is 32.2. The van der Waals surface area contributed by atoms with E-state index in [9.17, 15) is 18.3 Å². The van der Waals surface area contributed by atoms with E-state index >= 15 is 0 Å². The molecule has 1 unspecified atom stereocenters. The number of ether oxygens (including phenoxy) is 1. The van der Waals surface area contributed by atoms with Crippen LogP contribution in [0.3, 0.4) is 0 Å². The summed E-state index contributed by atoms with van der Waals surface area (Å²) in [5.74, 6) is -0.372. The van der Waals surface area contributed by atoms with Crippen LogP contribution in [0.1, 0.15) is 12.0 Å². The van der Waals surface area contributed by atoms with Crippen molar-refractivity contribution in [3.63, 3.8) is 0 Å². The van der Waals surface area contributed by atoms with Crippen LogP contribution < -0.4 is 5.32 Å². The molecular weight excluding hydrogens is 282 g/mol. The molecule has 1 amide bonds. The van der Waals surface area contributed by atoms with Gasteiger partial charge in [0.1, 0.15) is 6.61 Å². The Labute approximate surface area is 117 Å². The van der Waals surface area contributed by atoms with E-state index < -0.39 is 21.5 Å². The van der Waals surface area contributed by atoms with Crippen LogP contribution in [-0.4, -0.2) is 43.3 Å². The Bertz CT molecular complexity index is 572. The van der Waals surface area contributed by atoms with Gasteiger partial charge in [-0.2, -0.15) is 0 Å². The number of hydrogen-bond donors (Lipinski definition) is 2. The first kappa shape index (κ1) is 14.8. The number of carbonyl (C=O) groups excluding carboxylic acids is 1. The highest BCUT2D eigenvalue weighted by Gasteiger charge is 2.40. The summed E-state index contributed by atoms with van der Waals surface area (Å²) in [7, 11) is -3.20. The number of alkyl carbamates (subject to hydrolysis) is 1. The van der Waals surface area contributed by atoms with Crippen molar-refractivity contribution in [1.29, 1.82) is 0 Å². The monoisotopic (exact) mass is 299 g/mol. The van der Waals surface area contributed by atoms with Gasteiger partial charge in [0.25, 0.3) is 0 Å². The lowest BCUT2D eigenvalue weighted by molar-refractivity contribution is 0.0623. The van der Waals surface area contributed by atoms with Crippen LogP contribution in [0.4, 0.5) is 4.79 Å². The normalized spacial score (nSPS) is 24.2. The minimum Gasteiger partial charge on any atom is -0.445 e. The lowest BCUT2D eigenvalue weighted by Gasteiger charge is -2.20. The number of aliphatic hydroxyl groups is 1. The Kier molecular flexibility index (Phi) is 4.29. The van der Waals surface area contributed by atoms with Crippen LogP contribution in [-0.2, 0) is 21.2 Å². The van der Waals surface area contributed by atoms with Crippen molar-refractivity contribution >= 4 is 15.9 Å². The van der Waals surface area contributed by atoms with Gasteiger partial charge in [-0.25, -0.2) is 13.2 Å². The van der Waals surface area contributed by atoms with Crippen LogP contribution in [0.15, 0.2) is 30.3 Å². The van der Waals surface area contributed by atoms with Crippen LogP contribution in [0.25, 0.3) is 0 Å². The van der Waals surface area contributed by atoms with Gasteiger partial charge < -0.3 is 15.2 Å². The molecule has 1 saturated heterocycles. The first-order chi connectivity index (χ1) is 9.39. The van der Waals surface area contributed by atoms with E-state index in [1.807, 2.05) is 30.3 Å². The van der Waals surface area contributed by atoms with E-state index in [2.05, 4.69) is 5.32 Å². The molecule has 1 fully saturated rings. The molecule has 110 valence electrons. The number of nitrogens with one attached hydrogen (secondary N) is 1. The Morgan fingerprint density at radius 3 is 2.65 bits per heavy atom. The predicted molar refractivity (Wildman–Crippen MR) is 72.9 cm³/mol. The maximum Gasteiger partial charge on any atom is 0.407 e. The second kappa shape index (κ2) is 5.80. The third-order valence-corrected chi connectivity index (χ3v) is 4.94. The summed E-state index contributed by atoms with van der Waals surface area (Å²) in [6, 6.07) is 9.18. The summed E-state index contributed by atoms with van der Waals surface area (Å²) in [5.41, 5.74) is -0.533. The molecule has 1 aliphatic heterocycles. The van der Waals surface area contributed by atoms with Gasteiger partial charge in [0, 0.05) is 0 Å². The van der Waals surface area contributed by atoms with Crippen LogP contribution in [0, 0.1) is 0 Å². The molecule has 0 aliphatic carbocycles. The molecule has 0 radical (unpaired) electrons. The van der Waals surface area contributed by atoms with E-state index in [0.29, 0.717) is 0 Å². The average molecular weight is 299 g/mol. The average Bonchev–Trinajstić information content (AvgIpc) is 2.70. The fourth-order valence-corrected chi connectivity index (χ4v) is 3.95. The lowest BCUT2D eigenvalue weighted by atomic mass is 10.0. The van der Waals surface area contributed by atoms with Crippen molar-refractivity contribution in [2.45, 2.75) is 18.6 Å². The third-order valence-electron chi connectivity index (χ3n) is 3.14. The first-order valence-electron chi connectivity index (χ1n) is 6.26. The highest BCUT2D eigenvalue weighted by molar-refractivity contribution is 7.91. The number of rotatable bonds is 4. The highest BCUT2D eigenvalue weighted by Crippen LogP contribution is 2.22. The Hall–Kier alpha value is -1.60. The van der Waals surface area contributed by atoms with E-state index in [-0.39, 0.29) is 31.1 Å². The van der Waals surface area contributed by atoms with Gasteiger partial charge in [-0.15, -0.1) is 0 Å². The number of hydrogen-bond acceptors (Lipinski definition) is 5. The van der Waals surface area contributed by atoms with Crippen LogP contribution >= 0.6 is 0 Å². The van der Waals surface area contributed by atoms with E-state index in [1.165, 1.54) is 0 Å². The smallest absolute Gasteiger partial charge is 0.407 e. The Balaban J connectivity index is 1.76. The van der Waals surface area contributed by atoms with Gasteiger partial charge in [0.15, 0.2) is 9.84 Å². The van der Waals surface area contributed by atoms with Gasteiger partial charge in [-0.3, -0.25) is 0 Å². The van der Waals surface area contributed by atoms with Gasteiger partial charge in [-0.1, -0.05) is 30.3 Å². The van der Waals surface area contributed by atoms with Gasteiger partial charge in [0.2, 0.25) is 0 Å². The number of sulfone groups is 1. The van der Waals surface area contributed by atoms with Crippen LogP contribution in [0.2, 0.25) is 0 Å². The summed E-state index contributed by atoms with van der Waals surface area (Å²) >= 11 is 0. The van der Waals surface area contributed by atoms with Gasteiger partial charge in [0.05, 0.1) is 23.7 Å². The molecule has 0 aromatic heterocycles. The fourth-order valence-electron chi connectivity index (χ4n) is 2.05. The number of carbonyl (C=O) groups is 1. The second-order valence-electron chi connectivity index (χ2n) is 4.98. The molecule has 2 N–H and O–H groups in total. The maximum atomic E-state index is 11.5. The molecule has 1 aromatic rings. The van der Waals surface area contributed by atoms with Crippen molar-refractivity contribution in [2.24, 2.45) is 0 Å². The molecule has 7 heteroatoms. The Morgan fingerprint density at radius 2 is 2.05 bits per heavy atom. The zero-order valence-corrected chi connectivity index (χ0v) is 11.7. The lowest BCUT2D eigenvalue weighted by Crippen LogP contribution is -2.44. The van der Waals surface area contributed by atoms with Gasteiger partial charge >= 0.3 is 6.09 Å². The summed E-state index contributed by atoms with van der Waals surface area (Å²) in [5, 5.41) is 12.4. The summed E-state index contributed by atoms with van der Waals surface area (Å²) in [6.07, 6.45) is -0.541. The molecular formula is C13H17NO5S. The molecule has 1 aliphatic rings. The zero-order chi connectivity index (χ0) is 14.6. The third kappa shape index (κ3) is 4.21.